The van der Waals surface area contributed by atoms with Crippen molar-refractivity contribution in [1.29, 1.82) is 0 Å². The van der Waals surface area contributed by atoms with Gasteiger partial charge in [-0.25, -0.2) is 9.78 Å². The Morgan fingerprint density at radius 1 is 1.64 bits per heavy atom. The van der Waals surface area contributed by atoms with E-state index in [0.717, 1.165) is 5.01 Å². The SMILES string of the molecule is Cc1nc(CNC(C)C)sc1C(=O)O. The maximum atomic E-state index is 10.7. The second-order valence-corrected chi connectivity index (χ2v) is 4.45. The van der Waals surface area contributed by atoms with Crippen LogP contribution in [0.5, 0.6) is 0 Å². The molecular formula is C9H14N2O2S. The number of aromatic nitrogens is 1. The number of hydrogen-bond donors (Lipinski definition) is 2. The van der Waals surface area contributed by atoms with Gasteiger partial charge in [-0.2, -0.15) is 0 Å². The zero-order valence-electron chi connectivity index (χ0n) is 8.50. The third-order valence-electron chi connectivity index (χ3n) is 1.70. The number of rotatable bonds is 4. The van der Waals surface area contributed by atoms with E-state index in [2.05, 4.69) is 10.3 Å². The molecule has 0 saturated carbocycles. The van der Waals surface area contributed by atoms with E-state index in [1.54, 1.807) is 6.92 Å². The van der Waals surface area contributed by atoms with Gasteiger partial charge in [-0.05, 0) is 6.92 Å². The molecule has 78 valence electrons. The van der Waals surface area contributed by atoms with E-state index in [4.69, 9.17) is 5.11 Å². The van der Waals surface area contributed by atoms with Crippen LogP contribution in [0.3, 0.4) is 0 Å². The van der Waals surface area contributed by atoms with Gasteiger partial charge in [0.05, 0.1) is 5.69 Å². The minimum Gasteiger partial charge on any atom is -0.477 e. The third kappa shape index (κ3) is 2.78. The predicted octanol–water partition coefficient (Wildman–Crippen LogP) is 1.65. The first kappa shape index (κ1) is 11.1. The van der Waals surface area contributed by atoms with Crippen molar-refractivity contribution in [2.75, 3.05) is 0 Å². The van der Waals surface area contributed by atoms with Gasteiger partial charge in [0, 0.05) is 12.6 Å². The molecular weight excluding hydrogens is 200 g/mol. The fraction of sp³-hybridized carbons (Fsp3) is 0.556. The van der Waals surface area contributed by atoms with Crippen LogP contribution < -0.4 is 5.32 Å². The van der Waals surface area contributed by atoms with E-state index in [0.29, 0.717) is 23.2 Å². The number of carboxylic acids is 1. The summed E-state index contributed by atoms with van der Waals surface area (Å²) in [5.41, 5.74) is 0.600. The smallest absolute Gasteiger partial charge is 0.347 e. The number of aromatic carboxylic acids is 1. The van der Waals surface area contributed by atoms with Gasteiger partial charge < -0.3 is 10.4 Å². The van der Waals surface area contributed by atoms with Gasteiger partial charge in [0.2, 0.25) is 0 Å². The number of carbonyl (C=O) groups is 1. The summed E-state index contributed by atoms with van der Waals surface area (Å²) in [6, 6.07) is 0.382. The van der Waals surface area contributed by atoms with Gasteiger partial charge in [-0.15, -0.1) is 11.3 Å². The number of thiazole rings is 1. The number of carboxylic acid groups (broad SMARTS) is 1. The molecule has 0 aliphatic heterocycles. The molecule has 0 aliphatic carbocycles. The third-order valence-corrected chi connectivity index (χ3v) is 2.84. The van der Waals surface area contributed by atoms with Crippen molar-refractivity contribution in [3.8, 4) is 0 Å². The van der Waals surface area contributed by atoms with Crippen molar-refractivity contribution in [1.82, 2.24) is 10.3 Å². The van der Waals surface area contributed by atoms with Crippen LogP contribution in [-0.4, -0.2) is 22.1 Å². The molecule has 1 aromatic rings. The lowest BCUT2D eigenvalue weighted by atomic mass is 10.4. The van der Waals surface area contributed by atoms with Crippen LogP contribution >= 0.6 is 11.3 Å². The van der Waals surface area contributed by atoms with Gasteiger partial charge in [0.15, 0.2) is 0 Å². The maximum Gasteiger partial charge on any atom is 0.347 e. The minimum atomic E-state index is -0.893. The molecule has 1 aromatic heterocycles. The second kappa shape index (κ2) is 4.52. The Morgan fingerprint density at radius 2 is 2.29 bits per heavy atom. The standard InChI is InChI=1S/C9H14N2O2S/c1-5(2)10-4-7-11-6(3)8(14-7)9(12)13/h5,10H,4H2,1-3H3,(H,12,13). The van der Waals surface area contributed by atoms with Crippen LogP contribution in [-0.2, 0) is 6.54 Å². The van der Waals surface area contributed by atoms with Gasteiger partial charge in [-0.1, -0.05) is 13.8 Å². The van der Waals surface area contributed by atoms with Crippen molar-refractivity contribution < 1.29 is 9.90 Å². The summed E-state index contributed by atoms with van der Waals surface area (Å²) in [7, 11) is 0. The minimum absolute atomic E-state index is 0.338. The molecule has 0 aliphatic rings. The highest BCUT2D eigenvalue weighted by molar-refractivity contribution is 7.13. The Bertz CT molecular complexity index is 334. The molecule has 0 amide bonds. The zero-order chi connectivity index (χ0) is 10.7. The van der Waals surface area contributed by atoms with Crippen LogP contribution in [0.1, 0.15) is 34.2 Å². The Hall–Kier alpha value is -0.940. The fourth-order valence-corrected chi connectivity index (χ4v) is 1.87. The van der Waals surface area contributed by atoms with Crippen molar-refractivity contribution >= 4 is 17.3 Å². The monoisotopic (exact) mass is 214 g/mol. The molecule has 2 N–H and O–H groups in total. The molecule has 1 rings (SSSR count). The average Bonchev–Trinajstić information content (AvgIpc) is 2.43. The summed E-state index contributed by atoms with van der Waals surface area (Å²) >= 11 is 1.24. The second-order valence-electron chi connectivity index (χ2n) is 3.36. The summed E-state index contributed by atoms with van der Waals surface area (Å²) in [6.45, 7) is 6.44. The van der Waals surface area contributed by atoms with E-state index in [1.165, 1.54) is 11.3 Å². The fourth-order valence-electron chi connectivity index (χ4n) is 1.02. The summed E-state index contributed by atoms with van der Waals surface area (Å²) in [4.78, 5) is 15.2. The largest absolute Gasteiger partial charge is 0.477 e. The predicted molar refractivity (Wildman–Crippen MR) is 55.8 cm³/mol. The summed E-state index contributed by atoms with van der Waals surface area (Å²) in [5, 5.41) is 12.8. The number of aryl methyl sites for hydroxylation is 1. The van der Waals surface area contributed by atoms with Gasteiger partial charge in [0.1, 0.15) is 9.88 Å². The highest BCUT2D eigenvalue weighted by Gasteiger charge is 2.13. The first-order valence-corrected chi connectivity index (χ1v) is 5.25. The van der Waals surface area contributed by atoms with Crippen LogP contribution in [0.2, 0.25) is 0 Å². The molecule has 0 saturated heterocycles. The molecule has 14 heavy (non-hydrogen) atoms. The topological polar surface area (TPSA) is 62.2 Å². The first-order chi connectivity index (χ1) is 6.50. The maximum absolute atomic E-state index is 10.7. The van der Waals surface area contributed by atoms with Crippen LogP contribution in [0.15, 0.2) is 0 Å². The lowest BCUT2D eigenvalue weighted by Crippen LogP contribution is -2.21. The zero-order valence-corrected chi connectivity index (χ0v) is 9.31. The van der Waals surface area contributed by atoms with E-state index in [1.807, 2.05) is 13.8 Å². The number of nitrogens with zero attached hydrogens (tertiary/aromatic N) is 1. The van der Waals surface area contributed by atoms with E-state index >= 15 is 0 Å². The van der Waals surface area contributed by atoms with Crippen molar-refractivity contribution in [3.63, 3.8) is 0 Å². The van der Waals surface area contributed by atoms with Crippen LogP contribution in [0, 0.1) is 6.92 Å². The van der Waals surface area contributed by atoms with Crippen LogP contribution in [0.25, 0.3) is 0 Å². The van der Waals surface area contributed by atoms with E-state index in [-0.39, 0.29) is 0 Å². The lowest BCUT2D eigenvalue weighted by molar-refractivity contribution is 0.0701. The quantitative estimate of drug-likeness (QED) is 0.800. The van der Waals surface area contributed by atoms with Crippen LogP contribution in [0.4, 0.5) is 0 Å². The Kier molecular flexibility index (Phi) is 3.60. The molecule has 0 unspecified atom stereocenters. The number of hydrogen-bond acceptors (Lipinski definition) is 4. The molecule has 0 bridgehead atoms. The Morgan fingerprint density at radius 3 is 2.71 bits per heavy atom. The average molecular weight is 214 g/mol. The molecule has 1 heterocycles. The van der Waals surface area contributed by atoms with E-state index < -0.39 is 5.97 Å². The highest BCUT2D eigenvalue weighted by atomic mass is 32.1. The molecule has 0 atom stereocenters. The van der Waals surface area contributed by atoms with E-state index in [9.17, 15) is 4.79 Å². The van der Waals surface area contributed by atoms with Crippen molar-refractivity contribution in [2.45, 2.75) is 33.4 Å². The van der Waals surface area contributed by atoms with Gasteiger partial charge in [0.25, 0.3) is 0 Å². The lowest BCUT2D eigenvalue weighted by Gasteiger charge is -2.04. The molecule has 5 heteroatoms. The number of nitrogens with one attached hydrogen (secondary N) is 1. The van der Waals surface area contributed by atoms with Gasteiger partial charge >= 0.3 is 5.97 Å². The Balaban J connectivity index is 2.71. The molecule has 0 aromatic carbocycles. The Labute approximate surface area is 87.0 Å². The summed E-state index contributed by atoms with van der Waals surface area (Å²) < 4.78 is 0. The molecule has 0 spiro atoms. The highest BCUT2D eigenvalue weighted by Crippen LogP contribution is 2.17. The summed E-state index contributed by atoms with van der Waals surface area (Å²) in [5.74, 6) is -0.893. The normalized spacial score (nSPS) is 10.9. The molecule has 0 fully saturated rings. The molecule has 0 radical (unpaired) electrons. The van der Waals surface area contributed by atoms with Crippen molar-refractivity contribution in [3.05, 3.63) is 15.6 Å². The van der Waals surface area contributed by atoms with Crippen molar-refractivity contribution in [2.24, 2.45) is 0 Å². The first-order valence-electron chi connectivity index (χ1n) is 4.43. The molecule has 4 nitrogen and oxygen atoms in total. The van der Waals surface area contributed by atoms with Gasteiger partial charge in [-0.3, -0.25) is 0 Å². The summed E-state index contributed by atoms with van der Waals surface area (Å²) in [6.07, 6.45) is 0.